The molecular weight excluding hydrogens is 134 g/mol. The Balaban J connectivity index is 3.36. The maximum absolute atomic E-state index is 10.0. The fourth-order valence-corrected chi connectivity index (χ4v) is 0.406. The number of hydrogen-bond acceptors (Lipinski definition) is 2. The van der Waals surface area contributed by atoms with Gasteiger partial charge in [-0.15, -0.1) is 0 Å². The largest absolute Gasteiger partial charge is 0.481 e. The summed E-state index contributed by atoms with van der Waals surface area (Å²) >= 11 is 0. The summed E-state index contributed by atoms with van der Waals surface area (Å²) in [6.45, 7) is 0. The molecule has 4 heteroatoms. The normalized spacial score (nSPS) is 10.0. The molecule has 0 heterocycles. The lowest BCUT2D eigenvalue weighted by atomic mass is 10.3. The third kappa shape index (κ3) is 6.68. The van der Waals surface area contributed by atoms with Crippen molar-refractivity contribution in [2.45, 2.75) is 12.8 Å². The number of amides is 1. The van der Waals surface area contributed by atoms with Crippen molar-refractivity contribution in [3.05, 3.63) is 12.2 Å². The number of aliphatic carboxylic acids is 1. The molecule has 4 nitrogen and oxygen atoms in total. The molecule has 0 spiro atoms. The molecule has 0 aromatic carbocycles. The Labute approximate surface area is 58.3 Å². The average Bonchev–Trinajstić information content (AvgIpc) is 1.79. The van der Waals surface area contributed by atoms with E-state index < -0.39 is 11.9 Å². The van der Waals surface area contributed by atoms with E-state index in [1.807, 2.05) is 0 Å². The predicted molar refractivity (Wildman–Crippen MR) is 35.2 cm³/mol. The highest BCUT2D eigenvalue weighted by Crippen LogP contribution is 1.89. The summed E-state index contributed by atoms with van der Waals surface area (Å²) in [5.74, 6) is -1.43. The van der Waals surface area contributed by atoms with E-state index in [2.05, 4.69) is 0 Å². The van der Waals surface area contributed by atoms with Gasteiger partial charge >= 0.3 is 5.97 Å². The molecule has 0 unspecified atom stereocenters. The van der Waals surface area contributed by atoms with Crippen molar-refractivity contribution < 1.29 is 14.7 Å². The van der Waals surface area contributed by atoms with Crippen LogP contribution < -0.4 is 5.73 Å². The van der Waals surface area contributed by atoms with Crippen LogP contribution >= 0.6 is 0 Å². The molecule has 0 aromatic heterocycles. The van der Waals surface area contributed by atoms with Crippen molar-refractivity contribution in [3.63, 3.8) is 0 Å². The second kappa shape index (κ2) is 4.55. The topological polar surface area (TPSA) is 80.4 Å². The molecule has 0 saturated heterocycles. The lowest BCUT2D eigenvalue weighted by molar-refractivity contribution is -0.136. The van der Waals surface area contributed by atoms with Crippen LogP contribution in [0.5, 0.6) is 0 Å². The number of carbonyl (C=O) groups excluding carboxylic acids is 1. The van der Waals surface area contributed by atoms with Gasteiger partial charge in [0.2, 0.25) is 5.91 Å². The van der Waals surface area contributed by atoms with Crippen LogP contribution in [0.3, 0.4) is 0 Å². The minimum atomic E-state index is -0.880. The molecule has 0 aromatic rings. The Morgan fingerprint density at radius 3 is 2.50 bits per heavy atom. The van der Waals surface area contributed by atoms with Crippen molar-refractivity contribution in [2.24, 2.45) is 5.73 Å². The highest BCUT2D eigenvalue weighted by Gasteiger charge is 1.91. The van der Waals surface area contributed by atoms with E-state index in [1.54, 1.807) is 0 Å². The zero-order valence-electron chi connectivity index (χ0n) is 5.41. The molecule has 10 heavy (non-hydrogen) atoms. The van der Waals surface area contributed by atoms with Gasteiger partial charge in [0.1, 0.15) is 0 Å². The zero-order chi connectivity index (χ0) is 7.98. The summed E-state index contributed by atoms with van der Waals surface area (Å²) in [4.78, 5) is 19.9. The molecule has 0 rings (SSSR count). The molecule has 0 bridgehead atoms. The standard InChI is InChI=1S/C6H9NO3/c7-5(8)3-1-2-4-6(9)10/h1,3H,2,4H2,(H2,7,8)(H,9,10). The SMILES string of the molecule is NC(=O)C=CCCC(=O)O. The lowest BCUT2D eigenvalue weighted by Gasteiger charge is -1.85. The van der Waals surface area contributed by atoms with E-state index in [4.69, 9.17) is 10.8 Å². The van der Waals surface area contributed by atoms with Crippen LogP contribution in [-0.4, -0.2) is 17.0 Å². The van der Waals surface area contributed by atoms with Gasteiger partial charge in [0.25, 0.3) is 0 Å². The first-order chi connectivity index (χ1) is 4.63. The van der Waals surface area contributed by atoms with E-state index in [9.17, 15) is 9.59 Å². The second-order valence-electron chi connectivity index (χ2n) is 1.74. The Morgan fingerprint density at radius 2 is 2.10 bits per heavy atom. The Hall–Kier alpha value is -1.32. The van der Waals surface area contributed by atoms with Crippen LogP contribution in [0.4, 0.5) is 0 Å². The average molecular weight is 143 g/mol. The molecule has 0 radical (unpaired) electrons. The molecule has 56 valence electrons. The van der Waals surface area contributed by atoms with Gasteiger partial charge in [-0.1, -0.05) is 6.08 Å². The Bertz CT molecular complexity index is 162. The van der Waals surface area contributed by atoms with Crippen molar-refractivity contribution >= 4 is 11.9 Å². The first kappa shape index (κ1) is 8.68. The number of rotatable bonds is 4. The summed E-state index contributed by atoms with van der Waals surface area (Å²) in [5, 5.41) is 8.13. The van der Waals surface area contributed by atoms with Gasteiger partial charge in [0.15, 0.2) is 0 Å². The summed E-state index contributed by atoms with van der Waals surface area (Å²) in [6, 6.07) is 0. The van der Waals surface area contributed by atoms with Gasteiger partial charge in [-0.2, -0.15) is 0 Å². The maximum atomic E-state index is 10.0. The predicted octanol–water partition coefficient (Wildman–Crippen LogP) is -0.107. The molecule has 1 amide bonds. The van der Waals surface area contributed by atoms with Gasteiger partial charge < -0.3 is 10.8 Å². The first-order valence-electron chi connectivity index (χ1n) is 2.80. The molecule has 0 aliphatic carbocycles. The number of carboxylic acids is 1. The van der Waals surface area contributed by atoms with E-state index in [0.29, 0.717) is 6.42 Å². The summed E-state index contributed by atoms with van der Waals surface area (Å²) in [6.07, 6.45) is 2.97. The van der Waals surface area contributed by atoms with Gasteiger partial charge in [-0.25, -0.2) is 0 Å². The molecular formula is C6H9NO3. The quantitative estimate of drug-likeness (QED) is 0.539. The van der Waals surface area contributed by atoms with Gasteiger partial charge in [-0.05, 0) is 12.5 Å². The molecule has 0 fully saturated rings. The fourth-order valence-electron chi connectivity index (χ4n) is 0.406. The minimum absolute atomic E-state index is 0.0315. The van der Waals surface area contributed by atoms with Crippen LogP contribution in [0.2, 0.25) is 0 Å². The van der Waals surface area contributed by atoms with Gasteiger partial charge in [0.05, 0.1) is 0 Å². The van der Waals surface area contributed by atoms with Crippen LogP contribution in [0.25, 0.3) is 0 Å². The summed E-state index contributed by atoms with van der Waals surface area (Å²) < 4.78 is 0. The maximum Gasteiger partial charge on any atom is 0.303 e. The van der Waals surface area contributed by atoms with E-state index in [0.717, 1.165) is 6.08 Å². The van der Waals surface area contributed by atoms with Crippen LogP contribution in [0.1, 0.15) is 12.8 Å². The van der Waals surface area contributed by atoms with E-state index in [1.165, 1.54) is 6.08 Å². The zero-order valence-corrected chi connectivity index (χ0v) is 5.41. The molecule has 3 N–H and O–H groups in total. The first-order valence-corrected chi connectivity index (χ1v) is 2.80. The second-order valence-corrected chi connectivity index (χ2v) is 1.74. The van der Waals surface area contributed by atoms with Crippen molar-refractivity contribution in [2.75, 3.05) is 0 Å². The lowest BCUT2D eigenvalue weighted by Crippen LogP contribution is -2.05. The molecule has 0 aliphatic rings. The van der Waals surface area contributed by atoms with Crippen LogP contribution in [0.15, 0.2) is 12.2 Å². The van der Waals surface area contributed by atoms with Crippen molar-refractivity contribution in [1.82, 2.24) is 0 Å². The monoisotopic (exact) mass is 143 g/mol. The van der Waals surface area contributed by atoms with E-state index >= 15 is 0 Å². The molecule has 0 atom stereocenters. The number of carbonyl (C=O) groups is 2. The highest BCUT2D eigenvalue weighted by molar-refractivity contribution is 5.85. The third-order valence-electron chi connectivity index (χ3n) is 0.807. The number of allylic oxidation sites excluding steroid dienone is 1. The molecule has 0 aliphatic heterocycles. The van der Waals surface area contributed by atoms with Gasteiger partial charge in [0, 0.05) is 6.42 Å². The Morgan fingerprint density at radius 1 is 1.50 bits per heavy atom. The number of primary amides is 1. The number of carboxylic acid groups (broad SMARTS) is 1. The highest BCUT2D eigenvalue weighted by atomic mass is 16.4. The summed E-state index contributed by atoms with van der Waals surface area (Å²) in [5.41, 5.74) is 4.74. The minimum Gasteiger partial charge on any atom is -0.481 e. The fraction of sp³-hybridized carbons (Fsp3) is 0.333. The summed E-state index contributed by atoms with van der Waals surface area (Å²) in [7, 11) is 0. The number of nitrogens with two attached hydrogens (primary N) is 1. The van der Waals surface area contributed by atoms with Crippen LogP contribution in [-0.2, 0) is 9.59 Å². The smallest absolute Gasteiger partial charge is 0.303 e. The molecule has 0 saturated carbocycles. The van der Waals surface area contributed by atoms with Crippen LogP contribution in [0, 0.1) is 0 Å². The Kier molecular flexibility index (Phi) is 3.95. The van der Waals surface area contributed by atoms with Gasteiger partial charge in [-0.3, -0.25) is 9.59 Å². The van der Waals surface area contributed by atoms with E-state index in [-0.39, 0.29) is 6.42 Å². The van der Waals surface area contributed by atoms with Crippen molar-refractivity contribution in [3.8, 4) is 0 Å². The van der Waals surface area contributed by atoms with Crippen molar-refractivity contribution in [1.29, 1.82) is 0 Å². The third-order valence-corrected chi connectivity index (χ3v) is 0.807. The number of hydrogen-bond donors (Lipinski definition) is 2.